The maximum atomic E-state index is 5.59. The van der Waals surface area contributed by atoms with Gasteiger partial charge >= 0.3 is 0 Å². The average Bonchev–Trinajstić information content (AvgIpc) is 2.36. The lowest BCUT2D eigenvalue weighted by Crippen LogP contribution is -2.01. The molecular weight excluding hydrogens is 212 g/mol. The minimum atomic E-state index is 0.481. The van der Waals surface area contributed by atoms with Crippen LogP contribution < -0.4 is 9.47 Å². The van der Waals surface area contributed by atoms with E-state index in [4.69, 9.17) is 9.47 Å². The molecule has 0 saturated heterocycles. The quantitative estimate of drug-likeness (QED) is 0.636. The van der Waals surface area contributed by atoms with E-state index < -0.39 is 0 Å². The van der Waals surface area contributed by atoms with Crippen molar-refractivity contribution in [2.24, 2.45) is 0 Å². The third kappa shape index (κ3) is 3.83. The van der Waals surface area contributed by atoms with Gasteiger partial charge < -0.3 is 9.47 Å². The Morgan fingerprint density at radius 3 is 1.82 bits per heavy atom. The maximum Gasteiger partial charge on any atom is 0.126 e. The van der Waals surface area contributed by atoms with Crippen LogP contribution in [0.4, 0.5) is 0 Å². The number of ether oxygens (including phenoxy) is 2. The Bertz CT molecular complexity index is 364. The first-order chi connectivity index (χ1) is 8.33. The summed E-state index contributed by atoms with van der Waals surface area (Å²) in [6, 6.07) is 5.75. The van der Waals surface area contributed by atoms with Gasteiger partial charge in [0.25, 0.3) is 0 Å². The highest BCUT2D eigenvalue weighted by molar-refractivity contribution is 5.46. The van der Waals surface area contributed by atoms with Crippen LogP contribution in [0, 0.1) is 0 Å². The Kier molecular flexibility index (Phi) is 5.66. The maximum absolute atomic E-state index is 5.59. The van der Waals surface area contributed by atoms with Crippen LogP contribution in [-0.2, 0) is 6.42 Å². The molecule has 2 nitrogen and oxygen atoms in total. The average molecular weight is 230 g/mol. The van der Waals surface area contributed by atoms with Crippen molar-refractivity contribution >= 4 is 0 Å². The van der Waals surface area contributed by atoms with E-state index in [9.17, 15) is 0 Å². The van der Waals surface area contributed by atoms with Gasteiger partial charge in [-0.25, -0.2) is 0 Å². The molecule has 0 aliphatic heterocycles. The number of benzene rings is 1. The summed E-state index contributed by atoms with van der Waals surface area (Å²) in [5, 5.41) is 0. The minimum Gasteiger partial charge on any atom is -0.489 e. The third-order valence-corrected chi connectivity index (χ3v) is 2.15. The zero-order valence-electron chi connectivity index (χ0n) is 10.0. The van der Waals surface area contributed by atoms with Crippen molar-refractivity contribution in [1.82, 2.24) is 0 Å². The lowest BCUT2D eigenvalue weighted by atomic mass is 10.1. The fourth-order valence-corrected chi connectivity index (χ4v) is 1.46. The van der Waals surface area contributed by atoms with Gasteiger partial charge in [-0.15, -0.1) is 6.58 Å². The third-order valence-electron chi connectivity index (χ3n) is 2.15. The van der Waals surface area contributed by atoms with Crippen LogP contribution in [0.15, 0.2) is 56.2 Å². The standard InChI is InChI=1S/C15H18O2/c1-4-8-13-14(16-11-5-2)9-7-10-15(13)17-12-6-3/h4-7,9-10H,1-3,8,11-12H2. The van der Waals surface area contributed by atoms with Gasteiger partial charge in [0.05, 0.1) is 0 Å². The lowest BCUT2D eigenvalue weighted by Gasteiger charge is -2.13. The molecule has 0 bridgehead atoms. The fourth-order valence-electron chi connectivity index (χ4n) is 1.46. The molecule has 0 aromatic heterocycles. The van der Waals surface area contributed by atoms with Crippen LogP contribution in [0.3, 0.4) is 0 Å². The topological polar surface area (TPSA) is 18.5 Å². The molecule has 1 rings (SSSR count). The summed E-state index contributed by atoms with van der Waals surface area (Å²) in [5.74, 6) is 1.62. The molecule has 0 aliphatic carbocycles. The first-order valence-corrected chi connectivity index (χ1v) is 5.53. The van der Waals surface area contributed by atoms with Crippen LogP contribution in [0.25, 0.3) is 0 Å². The van der Waals surface area contributed by atoms with Crippen molar-refractivity contribution in [3.63, 3.8) is 0 Å². The largest absolute Gasteiger partial charge is 0.489 e. The van der Waals surface area contributed by atoms with Crippen LogP contribution >= 0.6 is 0 Å². The van der Waals surface area contributed by atoms with E-state index in [0.29, 0.717) is 19.6 Å². The molecule has 90 valence electrons. The normalized spacial score (nSPS) is 9.41. The molecule has 0 heterocycles. The highest BCUT2D eigenvalue weighted by Crippen LogP contribution is 2.29. The van der Waals surface area contributed by atoms with E-state index >= 15 is 0 Å². The number of hydrogen-bond donors (Lipinski definition) is 0. The van der Waals surface area contributed by atoms with Crippen molar-refractivity contribution < 1.29 is 9.47 Å². The van der Waals surface area contributed by atoms with Crippen LogP contribution in [0.1, 0.15) is 5.56 Å². The molecule has 0 unspecified atom stereocenters. The van der Waals surface area contributed by atoms with Gasteiger partial charge in [0.15, 0.2) is 0 Å². The molecule has 2 heteroatoms. The van der Waals surface area contributed by atoms with E-state index in [1.807, 2.05) is 24.3 Å². The van der Waals surface area contributed by atoms with Crippen LogP contribution in [-0.4, -0.2) is 13.2 Å². The number of hydrogen-bond acceptors (Lipinski definition) is 2. The summed E-state index contributed by atoms with van der Waals surface area (Å²) in [5.41, 5.74) is 1.01. The Morgan fingerprint density at radius 2 is 1.41 bits per heavy atom. The molecule has 0 fully saturated rings. The van der Waals surface area contributed by atoms with Crippen LogP contribution in [0.2, 0.25) is 0 Å². The zero-order chi connectivity index (χ0) is 12.5. The SMILES string of the molecule is C=CCOc1cccc(OCC=C)c1CC=C. The van der Waals surface area contributed by atoms with E-state index in [0.717, 1.165) is 17.1 Å². The molecule has 0 amide bonds. The molecule has 0 saturated carbocycles. The first kappa shape index (κ1) is 13.1. The molecule has 0 radical (unpaired) electrons. The summed E-state index contributed by atoms with van der Waals surface area (Å²) in [6.45, 7) is 12.0. The predicted molar refractivity (Wildman–Crippen MR) is 71.7 cm³/mol. The highest BCUT2D eigenvalue weighted by atomic mass is 16.5. The lowest BCUT2D eigenvalue weighted by molar-refractivity contribution is 0.339. The van der Waals surface area contributed by atoms with Crippen molar-refractivity contribution in [2.45, 2.75) is 6.42 Å². The summed E-state index contributed by atoms with van der Waals surface area (Å²) < 4.78 is 11.2. The van der Waals surface area contributed by atoms with Gasteiger partial charge in [0.2, 0.25) is 0 Å². The summed E-state index contributed by atoms with van der Waals surface area (Å²) in [7, 11) is 0. The molecule has 0 N–H and O–H groups in total. The zero-order valence-corrected chi connectivity index (χ0v) is 10.0. The summed E-state index contributed by atoms with van der Waals surface area (Å²) in [4.78, 5) is 0. The van der Waals surface area contributed by atoms with Gasteiger partial charge in [0.1, 0.15) is 24.7 Å². The number of rotatable bonds is 8. The summed E-state index contributed by atoms with van der Waals surface area (Å²) in [6.07, 6.45) is 5.97. The van der Waals surface area contributed by atoms with Gasteiger partial charge in [-0.2, -0.15) is 0 Å². The van der Waals surface area contributed by atoms with Crippen molar-refractivity contribution in [2.75, 3.05) is 13.2 Å². The smallest absolute Gasteiger partial charge is 0.126 e. The second kappa shape index (κ2) is 7.34. The van der Waals surface area contributed by atoms with Crippen molar-refractivity contribution in [3.8, 4) is 11.5 Å². The predicted octanol–water partition coefficient (Wildman–Crippen LogP) is 3.54. The van der Waals surface area contributed by atoms with Crippen molar-refractivity contribution in [3.05, 3.63) is 61.7 Å². The van der Waals surface area contributed by atoms with E-state index in [1.165, 1.54) is 0 Å². The van der Waals surface area contributed by atoms with Crippen molar-refractivity contribution in [1.29, 1.82) is 0 Å². The molecule has 17 heavy (non-hydrogen) atoms. The van der Waals surface area contributed by atoms with Crippen LogP contribution in [0.5, 0.6) is 11.5 Å². The van der Waals surface area contributed by atoms with Gasteiger partial charge in [-0.3, -0.25) is 0 Å². The fraction of sp³-hybridized carbons (Fsp3) is 0.200. The first-order valence-electron chi connectivity index (χ1n) is 5.53. The molecule has 0 aliphatic rings. The Balaban J connectivity index is 2.97. The van der Waals surface area contributed by atoms with E-state index in [2.05, 4.69) is 19.7 Å². The molecule has 1 aromatic rings. The highest BCUT2D eigenvalue weighted by Gasteiger charge is 2.08. The van der Waals surface area contributed by atoms with Gasteiger partial charge in [-0.1, -0.05) is 37.5 Å². The van der Waals surface area contributed by atoms with Gasteiger partial charge in [0, 0.05) is 5.56 Å². The second-order valence-corrected chi connectivity index (χ2v) is 3.42. The Hall–Kier alpha value is -1.96. The minimum absolute atomic E-state index is 0.481. The molecule has 1 aromatic carbocycles. The molecule has 0 atom stereocenters. The Morgan fingerprint density at radius 1 is 0.882 bits per heavy atom. The molecule has 0 spiro atoms. The number of allylic oxidation sites excluding steroid dienone is 1. The van der Waals surface area contributed by atoms with Gasteiger partial charge in [-0.05, 0) is 18.6 Å². The van der Waals surface area contributed by atoms with E-state index in [-0.39, 0.29) is 0 Å². The monoisotopic (exact) mass is 230 g/mol. The second-order valence-electron chi connectivity index (χ2n) is 3.42. The Labute approximate surface area is 103 Å². The summed E-state index contributed by atoms with van der Waals surface area (Å²) >= 11 is 0. The molecular formula is C15H18O2. The van der Waals surface area contributed by atoms with E-state index in [1.54, 1.807) is 12.2 Å².